The third kappa shape index (κ3) is 3.57. The van der Waals surface area contributed by atoms with Crippen LogP contribution in [0.5, 0.6) is 0 Å². The Morgan fingerprint density at radius 3 is 2.74 bits per heavy atom. The first-order valence-corrected chi connectivity index (χ1v) is 8.68. The number of nitrogens with zero attached hydrogens (tertiary/aromatic N) is 1. The average Bonchev–Trinajstić information content (AvgIpc) is 3.10. The van der Waals surface area contributed by atoms with E-state index in [1.807, 2.05) is 27.9 Å². The predicted octanol–water partition coefficient (Wildman–Crippen LogP) is 1.87. The molecule has 8 nitrogen and oxygen atoms in total. The van der Waals surface area contributed by atoms with Crippen LogP contribution in [0.15, 0.2) is 39.7 Å². The standard InChI is InChI=1S/C17H13FIN3O5/c1-22-15(20-11-3-2-8(19)6-10(11)18)13(16(25)21-12(24)7-23)14-9(17(22)26)4-5-27-14/h2-6,20,23H,7H2,1H3,(H,21,24,25). The molecule has 0 fully saturated rings. The number of amides is 2. The second kappa shape index (κ2) is 7.48. The van der Waals surface area contributed by atoms with Gasteiger partial charge in [0.1, 0.15) is 23.8 Å². The summed E-state index contributed by atoms with van der Waals surface area (Å²) in [6.45, 7) is -0.896. The summed E-state index contributed by atoms with van der Waals surface area (Å²) in [5, 5.41) is 13.7. The zero-order valence-corrected chi connectivity index (χ0v) is 16.0. The lowest BCUT2D eigenvalue weighted by molar-refractivity contribution is -0.122. The summed E-state index contributed by atoms with van der Waals surface area (Å²) in [6.07, 6.45) is 1.23. The highest BCUT2D eigenvalue weighted by atomic mass is 127. The van der Waals surface area contributed by atoms with Crippen LogP contribution in [-0.4, -0.2) is 28.1 Å². The zero-order chi connectivity index (χ0) is 19.7. The molecule has 2 amide bonds. The smallest absolute Gasteiger partial charge is 0.265 e. The van der Waals surface area contributed by atoms with Crippen molar-refractivity contribution in [1.82, 2.24) is 9.88 Å². The number of rotatable bonds is 4. The summed E-state index contributed by atoms with van der Waals surface area (Å²) in [6, 6.07) is 5.76. The molecule has 3 N–H and O–H groups in total. The molecule has 3 aromatic rings. The van der Waals surface area contributed by atoms with Crippen molar-refractivity contribution in [2.75, 3.05) is 11.9 Å². The number of pyridine rings is 1. The van der Waals surface area contributed by atoms with E-state index in [9.17, 15) is 18.8 Å². The molecule has 0 saturated heterocycles. The molecule has 27 heavy (non-hydrogen) atoms. The second-order valence-electron chi connectivity index (χ2n) is 5.54. The molecule has 1 aromatic carbocycles. The van der Waals surface area contributed by atoms with Gasteiger partial charge in [0.25, 0.3) is 17.4 Å². The number of imide groups is 1. The van der Waals surface area contributed by atoms with Gasteiger partial charge in [0.15, 0.2) is 5.58 Å². The molecule has 0 atom stereocenters. The summed E-state index contributed by atoms with van der Waals surface area (Å²) in [4.78, 5) is 36.5. The highest BCUT2D eigenvalue weighted by molar-refractivity contribution is 14.1. The second-order valence-corrected chi connectivity index (χ2v) is 6.78. The third-order valence-electron chi connectivity index (χ3n) is 3.81. The molecule has 140 valence electrons. The first-order chi connectivity index (χ1) is 12.8. The Morgan fingerprint density at radius 1 is 1.33 bits per heavy atom. The number of fused-ring (bicyclic) bond motifs is 1. The molecule has 3 rings (SSSR count). The number of furan rings is 1. The van der Waals surface area contributed by atoms with Crippen molar-refractivity contribution in [1.29, 1.82) is 0 Å². The van der Waals surface area contributed by atoms with Crippen molar-refractivity contribution in [2.45, 2.75) is 0 Å². The summed E-state index contributed by atoms with van der Waals surface area (Å²) < 4.78 is 21.3. The van der Waals surface area contributed by atoms with Crippen molar-refractivity contribution < 1.29 is 23.5 Å². The van der Waals surface area contributed by atoms with E-state index in [1.165, 1.54) is 31.5 Å². The number of hydrogen-bond donors (Lipinski definition) is 3. The largest absolute Gasteiger partial charge is 0.463 e. The molecule has 2 aromatic heterocycles. The van der Waals surface area contributed by atoms with E-state index in [0.29, 0.717) is 3.57 Å². The van der Waals surface area contributed by atoms with Gasteiger partial charge in [-0.2, -0.15) is 0 Å². The Balaban J connectivity index is 2.22. The summed E-state index contributed by atoms with van der Waals surface area (Å²) in [5.74, 6) is -2.49. The van der Waals surface area contributed by atoms with Gasteiger partial charge in [0.2, 0.25) is 0 Å². The topological polar surface area (TPSA) is 114 Å². The SMILES string of the molecule is Cn1c(Nc2ccc(I)cc2F)c(C(=O)NC(=O)CO)c2occc2c1=O. The first-order valence-electron chi connectivity index (χ1n) is 7.60. The fraction of sp³-hybridized carbons (Fsp3) is 0.118. The van der Waals surface area contributed by atoms with Gasteiger partial charge in [-0.1, -0.05) is 0 Å². The van der Waals surface area contributed by atoms with E-state index >= 15 is 0 Å². The van der Waals surface area contributed by atoms with Crippen LogP contribution in [-0.2, 0) is 11.8 Å². The van der Waals surface area contributed by atoms with E-state index in [1.54, 1.807) is 6.07 Å². The summed E-state index contributed by atoms with van der Waals surface area (Å²) >= 11 is 1.95. The van der Waals surface area contributed by atoms with Gasteiger partial charge in [-0.25, -0.2) is 4.39 Å². The van der Waals surface area contributed by atoms with E-state index < -0.39 is 29.8 Å². The Bertz CT molecular complexity index is 1120. The van der Waals surface area contributed by atoms with Crippen molar-refractivity contribution in [3.63, 3.8) is 0 Å². The Morgan fingerprint density at radius 2 is 2.07 bits per heavy atom. The van der Waals surface area contributed by atoms with Crippen LogP contribution in [0.4, 0.5) is 15.9 Å². The molecule has 0 bridgehead atoms. The van der Waals surface area contributed by atoms with Crippen molar-refractivity contribution in [3.05, 3.63) is 55.8 Å². The third-order valence-corrected chi connectivity index (χ3v) is 4.48. The Kier molecular flexibility index (Phi) is 5.28. The molecular formula is C17H13FIN3O5. The molecule has 2 heterocycles. The fourth-order valence-corrected chi connectivity index (χ4v) is 2.99. The number of nitrogens with one attached hydrogen (secondary N) is 2. The van der Waals surface area contributed by atoms with Crippen molar-refractivity contribution >= 4 is 56.9 Å². The minimum Gasteiger partial charge on any atom is -0.463 e. The number of hydrogen-bond acceptors (Lipinski definition) is 6. The molecule has 0 aliphatic heterocycles. The highest BCUT2D eigenvalue weighted by Gasteiger charge is 2.25. The van der Waals surface area contributed by atoms with Gasteiger partial charge in [-0.3, -0.25) is 24.3 Å². The highest BCUT2D eigenvalue weighted by Crippen LogP contribution is 2.28. The predicted molar refractivity (Wildman–Crippen MR) is 103 cm³/mol. The van der Waals surface area contributed by atoms with Gasteiger partial charge in [-0.15, -0.1) is 0 Å². The quantitative estimate of drug-likeness (QED) is 0.487. The minimum absolute atomic E-state index is 0.0267. The number of benzene rings is 1. The number of carbonyl (C=O) groups is 2. The molecular weight excluding hydrogens is 472 g/mol. The van der Waals surface area contributed by atoms with Gasteiger partial charge < -0.3 is 14.8 Å². The number of aromatic nitrogens is 1. The maximum atomic E-state index is 14.3. The van der Waals surface area contributed by atoms with Crippen LogP contribution in [0.1, 0.15) is 10.4 Å². The number of anilines is 2. The van der Waals surface area contributed by atoms with Gasteiger partial charge in [0.05, 0.1) is 17.3 Å². The van der Waals surface area contributed by atoms with Gasteiger partial charge in [0, 0.05) is 10.6 Å². The van der Waals surface area contributed by atoms with Crippen LogP contribution in [0.2, 0.25) is 0 Å². The maximum Gasteiger partial charge on any atom is 0.265 e. The molecule has 0 spiro atoms. The first kappa shape index (κ1) is 19.0. The van der Waals surface area contributed by atoms with E-state index in [-0.39, 0.29) is 28.0 Å². The summed E-state index contributed by atoms with van der Waals surface area (Å²) in [5.41, 5.74) is -0.678. The van der Waals surface area contributed by atoms with Crippen LogP contribution < -0.4 is 16.2 Å². The van der Waals surface area contributed by atoms with Gasteiger partial charge in [-0.05, 0) is 46.9 Å². The Labute approximate surface area is 165 Å². The molecule has 10 heteroatoms. The number of aliphatic hydroxyl groups is 1. The average molecular weight is 485 g/mol. The lowest BCUT2D eigenvalue weighted by Gasteiger charge is -2.16. The zero-order valence-electron chi connectivity index (χ0n) is 13.9. The fourth-order valence-electron chi connectivity index (χ4n) is 2.53. The van der Waals surface area contributed by atoms with E-state index in [0.717, 1.165) is 4.57 Å². The number of carbonyl (C=O) groups excluding carboxylic acids is 2. The maximum absolute atomic E-state index is 14.3. The molecule has 0 radical (unpaired) electrons. The van der Waals surface area contributed by atoms with Gasteiger partial charge >= 0.3 is 0 Å². The number of halogens is 2. The normalized spacial score (nSPS) is 10.8. The monoisotopic (exact) mass is 485 g/mol. The van der Waals surface area contributed by atoms with E-state index in [2.05, 4.69) is 5.32 Å². The van der Waals surface area contributed by atoms with Crippen molar-refractivity contribution in [2.24, 2.45) is 7.05 Å². The van der Waals surface area contributed by atoms with Crippen LogP contribution >= 0.6 is 22.6 Å². The summed E-state index contributed by atoms with van der Waals surface area (Å²) in [7, 11) is 1.40. The van der Waals surface area contributed by atoms with Crippen LogP contribution in [0.3, 0.4) is 0 Å². The molecule has 0 aliphatic carbocycles. The lowest BCUT2D eigenvalue weighted by atomic mass is 10.1. The molecule has 0 unspecified atom stereocenters. The number of aliphatic hydroxyl groups excluding tert-OH is 1. The minimum atomic E-state index is -0.931. The van der Waals surface area contributed by atoms with Crippen LogP contribution in [0, 0.1) is 9.39 Å². The molecule has 0 aliphatic rings. The van der Waals surface area contributed by atoms with Crippen LogP contribution in [0.25, 0.3) is 11.0 Å². The molecule has 0 saturated carbocycles. The lowest BCUT2D eigenvalue weighted by Crippen LogP contribution is -2.34. The van der Waals surface area contributed by atoms with E-state index in [4.69, 9.17) is 9.52 Å². The van der Waals surface area contributed by atoms with Crippen molar-refractivity contribution in [3.8, 4) is 0 Å². The Hall–Kier alpha value is -2.73.